The molecule has 0 atom stereocenters. The molecule has 48 heavy (non-hydrogen) atoms. The van der Waals surface area contributed by atoms with Crippen molar-refractivity contribution in [3.63, 3.8) is 0 Å². The standard InChI is InChI=1S/C23H19N5O12S4.4Na/c29-41(30,31)13-24-14-1-3-15(4-2-14)25-26-16-5-7-17(8-6-16)27-28-18-9-20-21(22(10-18)43(35,36)37)11-19(42(32,33)34)12-23(20)44(38,39)40;;;;/h1-12,24H,13H2,(H,29,30,31)(H,32,33,34)(H,35,36,37)(H,38,39,40);;;;/q;4*+1/p-4. The molecule has 0 radical (unpaired) electrons. The summed E-state index contributed by atoms with van der Waals surface area (Å²) in [4.78, 5) is -3.64. The topological polar surface area (TPSA) is 290 Å². The summed E-state index contributed by atoms with van der Waals surface area (Å²) in [6.07, 6.45) is 0. The maximum absolute atomic E-state index is 11.9. The van der Waals surface area contributed by atoms with E-state index < -0.39 is 77.5 Å². The van der Waals surface area contributed by atoms with Crippen LogP contribution in [0.5, 0.6) is 0 Å². The average Bonchev–Trinajstić information content (AvgIpc) is 2.92. The molecule has 0 aromatic heterocycles. The van der Waals surface area contributed by atoms with E-state index in [1.54, 1.807) is 0 Å². The van der Waals surface area contributed by atoms with Crippen LogP contribution in [-0.4, -0.2) is 57.8 Å². The van der Waals surface area contributed by atoms with Crippen LogP contribution < -0.4 is 124 Å². The number of benzene rings is 4. The van der Waals surface area contributed by atoms with Gasteiger partial charge >= 0.3 is 118 Å². The molecule has 0 saturated heterocycles. The minimum atomic E-state index is -5.48. The van der Waals surface area contributed by atoms with Crippen molar-refractivity contribution in [3.05, 3.63) is 72.8 Å². The number of nitrogens with zero attached hydrogens (tertiary/aromatic N) is 4. The van der Waals surface area contributed by atoms with Crippen molar-refractivity contribution < 1.29 is 170 Å². The van der Waals surface area contributed by atoms with Gasteiger partial charge in [0, 0.05) is 16.5 Å². The van der Waals surface area contributed by atoms with Crippen molar-refractivity contribution in [1.29, 1.82) is 0 Å². The molecule has 0 aliphatic rings. The van der Waals surface area contributed by atoms with Gasteiger partial charge in [0.2, 0.25) is 0 Å². The largest absolute Gasteiger partial charge is 1.00 e. The molecule has 4 aromatic carbocycles. The fraction of sp³-hybridized carbons (Fsp3) is 0.0435. The first kappa shape index (κ1) is 47.8. The Morgan fingerprint density at radius 3 is 1.25 bits per heavy atom. The van der Waals surface area contributed by atoms with Crippen LogP contribution in [0.15, 0.2) is 108 Å². The molecule has 0 unspecified atom stereocenters. The van der Waals surface area contributed by atoms with Crippen molar-refractivity contribution in [2.24, 2.45) is 20.5 Å². The fourth-order valence-electron chi connectivity index (χ4n) is 3.61. The van der Waals surface area contributed by atoms with Crippen LogP contribution in [0.25, 0.3) is 10.8 Å². The molecule has 0 heterocycles. The second-order valence-corrected chi connectivity index (χ2v) is 14.1. The number of hydrogen-bond acceptors (Lipinski definition) is 17. The first-order chi connectivity index (χ1) is 20.3. The Kier molecular flexibility index (Phi) is 18.9. The van der Waals surface area contributed by atoms with Gasteiger partial charge in [-0.3, -0.25) is 0 Å². The van der Waals surface area contributed by atoms with Crippen LogP contribution in [0.2, 0.25) is 0 Å². The number of azo groups is 2. The first-order valence-corrected chi connectivity index (χ1v) is 17.3. The van der Waals surface area contributed by atoms with E-state index in [0.717, 1.165) is 6.07 Å². The van der Waals surface area contributed by atoms with Gasteiger partial charge in [-0.05, 0) is 72.8 Å². The van der Waals surface area contributed by atoms with Crippen LogP contribution in [0, 0.1) is 0 Å². The molecule has 0 saturated carbocycles. The summed E-state index contributed by atoms with van der Waals surface area (Å²) in [6.45, 7) is 0. The smallest absolute Gasteiger partial charge is 0.747 e. The predicted molar refractivity (Wildman–Crippen MR) is 147 cm³/mol. The predicted octanol–water partition coefficient (Wildman–Crippen LogP) is -8.69. The molecule has 0 fully saturated rings. The Morgan fingerprint density at radius 1 is 0.479 bits per heavy atom. The van der Waals surface area contributed by atoms with Crippen molar-refractivity contribution in [1.82, 2.24) is 0 Å². The molecule has 25 heteroatoms. The van der Waals surface area contributed by atoms with E-state index >= 15 is 0 Å². The third-order valence-electron chi connectivity index (χ3n) is 5.51. The van der Waals surface area contributed by atoms with E-state index in [0.29, 0.717) is 29.2 Å². The van der Waals surface area contributed by atoms with Gasteiger partial charge in [0.1, 0.15) is 46.3 Å². The van der Waals surface area contributed by atoms with E-state index in [2.05, 4.69) is 25.8 Å². The third-order valence-corrected chi connectivity index (χ3v) is 8.58. The van der Waals surface area contributed by atoms with Crippen molar-refractivity contribution in [3.8, 4) is 0 Å². The summed E-state index contributed by atoms with van der Waals surface area (Å²) >= 11 is 0. The summed E-state index contributed by atoms with van der Waals surface area (Å²) < 4.78 is 138. The molecule has 1 N–H and O–H groups in total. The van der Waals surface area contributed by atoms with E-state index in [1.165, 1.54) is 48.5 Å². The van der Waals surface area contributed by atoms with Gasteiger partial charge in [0.15, 0.2) is 0 Å². The summed E-state index contributed by atoms with van der Waals surface area (Å²) in [5, 5.41) is 16.7. The number of anilines is 1. The summed E-state index contributed by atoms with van der Waals surface area (Å²) in [5.74, 6) is -0.782. The quantitative estimate of drug-likeness (QED) is 0.0891. The van der Waals surface area contributed by atoms with Crippen molar-refractivity contribution in [2.45, 2.75) is 14.7 Å². The molecule has 4 aromatic rings. The Balaban J connectivity index is 0.00000552. The van der Waals surface area contributed by atoms with Crippen LogP contribution in [0.4, 0.5) is 28.4 Å². The maximum atomic E-state index is 11.9. The molecule has 232 valence electrons. The molecule has 17 nitrogen and oxygen atoms in total. The summed E-state index contributed by atoms with van der Waals surface area (Å²) in [6, 6.07) is 14.0. The zero-order chi connectivity index (χ0) is 32.5. The second-order valence-electron chi connectivity index (χ2n) is 8.66. The van der Waals surface area contributed by atoms with Crippen molar-refractivity contribution in [2.75, 3.05) is 11.2 Å². The monoisotopic (exact) mass is 773 g/mol. The first-order valence-electron chi connectivity index (χ1n) is 11.5. The molecule has 0 aliphatic heterocycles. The minimum Gasteiger partial charge on any atom is -0.747 e. The van der Waals surface area contributed by atoms with Gasteiger partial charge in [0.05, 0.1) is 37.4 Å². The Labute approximate surface area is 363 Å². The second kappa shape index (κ2) is 19.0. The van der Waals surface area contributed by atoms with Crippen LogP contribution in [0.3, 0.4) is 0 Å². The number of nitrogens with one attached hydrogen (secondary N) is 1. The van der Waals surface area contributed by atoms with Gasteiger partial charge in [-0.15, -0.1) is 0 Å². The van der Waals surface area contributed by atoms with Gasteiger partial charge in [-0.2, -0.15) is 20.5 Å². The minimum absolute atomic E-state index is 0. The molecule has 0 bridgehead atoms. The zero-order valence-corrected chi connectivity index (χ0v) is 36.7. The van der Waals surface area contributed by atoms with Crippen LogP contribution in [0.1, 0.15) is 0 Å². The average molecular weight is 774 g/mol. The Bertz CT molecular complexity index is 2270. The normalized spacial score (nSPS) is 12.1. The van der Waals surface area contributed by atoms with Gasteiger partial charge in [-0.25, -0.2) is 33.7 Å². The summed E-state index contributed by atoms with van der Waals surface area (Å²) in [7, 11) is -20.7. The van der Waals surface area contributed by atoms with Gasteiger partial charge < -0.3 is 23.5 Å². The molecular formula is C23H15N5Na4O12S4. The van der Waals surface area contributed by atoms with E-state index in [-0.39, 0.29) is 130 Å². The third kappa shape index (κ3) is 13.7. The van der Waals surface area contributed by atoms with Gasteiger partial charge in [0.25, 0.3) is 0 Å². The Hall–Kier alpha value is -0.220. The Morgan fingerprint density at radius 2 is 0.854 bits per heavy atom. The SMILES string of the molecule is O=S(=O)([O-])CNc1ccc(N=Nc2ccc(N=Nc3cc(S(=O)(=O)[O-])c4cc(S(=O)(=O)[O-])cc(S(=O)(=O)[O-])c4c3)cc2)cc1.[Na+].[Na+].[Na+].[Na+]. The van der Waals surface area contributed by atoms with Crippen molar-refractivity contribution >= 4 is 79.7 Å². The van der Waals surface area contributed by atoms with E-state index in [1.807, 2.05) is 0 Å². The molecule has 0 amide bonds. The molecular weight excluding hydrogens is 759 g/mol. The number of hydrogen-bond donors (Lipinski definition) is 1. The van der Waals surface area contributed by atoms with E-state index in [4.69, 9.17) is 0 Å². The number of fused-ring (bicyclic) bond motifs is 1. The fourth-order valence-corrected chi connectivity index (χ4v) is 5.96. The molecule has 0 spiro atoms. The zero-order valence-electron chi connectivity index (χ0n) is 25.5. The van der Waals surface area contributed by atoms with Crippen LogP contribution >= 0.6 is 0 Å². The molecule has 0 aliphatic carbocycles. The van der Waals surface area contributed by atoms with Gasteiger partial charge in [-0.1, -0.05) is 0 Å². The summed E-state index contributed by atoms with van der Waals surface area (Å²) in [5.41, 5.74) is 0.885. The van der Waals surface area contributed by atoms with Crippen LogP contribution in [-0.2, 0) is 40.5 Å². The number of rotatable bonds is 10. The molecule has 4 rings (SSSR count). The van der Waals surface area contributed by atoms with E-state index in [9.17, 15) is 51.9 Å². The maximum Gasteiger partial charge on any atom is 1.00 e.